The minimum atomic E-state index is -0.274. The molecular weight excluding hydrogens is 428 g/mol. The topological polar surface area (TPSA) is 60.9 Å². The predicted molar refractivity (Wildman–Crippen MR) is 131 cm³/mol. The van der Waals surface area contributed by atoms with Crippen LogP contribution in [0, 0.1) is 0 Å². The van der Waals surface area contributed by atoms with Crippen LogP contribution in [-0.4, -0.2) is 54.3 Å². The second-order valence-corrected chi connectivity index (χ2v) is 9.24. The van der Waals surface area contributed by atoms with Gasteiger partial charge >= 0.3 is 0 Å². The number of para-hydroxylation sites is 1. The van der Waals surface area contributed by atoms with Gasteiger partial charge in [0.1, 0.15) is 11.4 Å². The van der Waals surface area contributed by atoms with Gasteiger partial charge in [0, 0.05) is 44.0 Å². The van der Waals surface area contributed by atoms with E-state index in [4.69, 9.17) is 14.2 Å². The molecule has 2 atom stereocenters. The Balaban J connectivity index is 1.33. The van der Waals surface area contributed by atoms with E-state index in [1.807, 2.05) is 42.2 Å². The standard InChI is InChI=1S/C28H32N2O4/c1-3-33-21-17-25(20-9-5-4-6-10-20)34-28(19-21)13-15-30(16-14-28)27(31)24-18-26(32-2)22-11-7-8-12-23(22)29-24/h4-12,18,21,25H,3,13-17,19H2,1-2H3/t21-,25-/m0/s1. The molecule has 1 spiro atoms. The lowest BCUT2D eigenvalue weighted by Crippen LogP contribution is -2.52. The summed E-state index contributed by atoms with van der Waals surface area (Å²) in [4.78, 5) is 19.9. The van der Waals surface area contributed by atoms with Gasteiger partial charge in [-0.2, -0.15) is 0 Å². The highest BCUT2D eigenvalue weighted by molar-refractivity contribution is 5.97. The molecule has 178 valence electrons. The fraction of sp³-hybridized carbons (Fsp3) is 0.429. The van der Waals surface area contributed by atoms with Crippen molar-refractivity contribution in [1.82, 2.24) is 9.88 Å². The summed E-state index contributed by atoms with van der Waals surface area (Å²) < 4.78 is 18.4. The van der Waals surface area contributed by atoms with Crippen molar-refractivity contribution in [2.45, 2.75) is 50.4 Å². The fourth-order valence-electron chi connectivity index (χ4n) is 5.39. The highest BCUT2D eigenvalue weighted by Gasteiger charge is 2.45. The maximum absolute atomic E-state index is 13.4. The number of methoxy groups -OCH3 is 1. The number of likely N-dealkylation sites (tertiary alicyclic amines) is 1. The minimum absolute atomic E-state index is 0.0140. The first-order valence-corrected chi connectivity index (χ1v) is 12.2. The number of carbonyl (C=O) groups is 1. The van der Waals surface area contributed by atoms with Crippen LogP contribution >= 0.6 is 0 Å². The number of carbonyl (C=O) groups excluding carboxylic acids is 1. The number of nitrogens with zero attached hydrogens (tertiary/aromatic N) is 2. The molecule has 2 aromatic carbocycles. The van der Waals surface area contributed by atoms with Crippen LogP contribution in [0.5, 0.6) is 5.75 Å². The van der Waals surface area contributed by atoms with Gasteiger partial charge in [-0.1, -0.05) is 42.5 Å². The predicted octanol–water partition coefficient (Wildman–Crippen LogP) is 5.18. The van der Waals surface area contributed by atoms with E-state index in [0.717, 1.165) is 36.6 Å². The van der Waals surface area contributed by atoms with Gasteiger partial charge in [-0.3, -0.25) is 4.79 Å². The zero-order valence-electron chi connectivity index (χ0n) is 19.9. The van der Waals surface area contributed by atoms with Gasteiger partial charge in [-0.15, -0.1) is 0 Å². The number of rotatable bonds is 5. The van der Waals surface area contributed by atoms with Crippen LogP contribution in [0.25, 0.3) is 10.9 Å². The van der Waals surface area contributed by atoms with Gasteiger partial charge in [0.2, 0.25) is 0 Å². The van der Waals surface area contributed by atoms with Crippen molar-refractivity contribution in [1.29, 1.82) is 0 Å². The molecule has 3 heterocycles. The van der Waals surface area contributed by atoms with Crippen LogP contribution in [0.1, 0.15) is 54.8 Å². The van der Waals surface area contributed by atoms with Gasteiger partial charge in [0.25, 0.3) is 5.91 Å². The lowest BCUT2D eigenvalue weighted by molar-refractivity contribution is -0.190. The van der Waals surface area contributed by atoms with E-state index in [0.29, 0.717) is 31.1 Å². The maximum Gasteiger partial charge on any atom is 0.272 e. The van der Waals surface area contributed by atoms with Crippen LogP contribution in [-0.2, 0) is 9.47 Å². The first-order valence-electron chi connectivity index (χ1n) is 12.2. The Morgan fingerprint density at radius 2 is 1.85 bits per heavy atom. The SMILES string of the molecule is CCO[C@H]1C[C@@H](c2ccccc2)OC2(CCN(C(=O)c3cc(OC)c4ccccc4n3)CC2)C1. The molecule has 2 fully saturated rings. The molecule has 3 aromatic rings. The van der Waals surface area contributed by atoms with Crippen LogP contribution in [0.15, 0.2) is 60.7 Å². The van der Waals surface area contributed by atoms with Gasteiger partial charge in [-0.05, 0) is 37.5 Å². The van der Waals surface area contributed by atoms with E-state index in [2.05, 4.69) is 29.2 Å². The van der Waals surface area contributed by atoms with Gasteiger partial charge < -0.3 is 19.1 Å². The average Bonchev–Trinajstić information content (AvgIpc) is 2.88. The number of aromatic nitrogens is 1. The van der Waals surface area contributed by atoms with E-state index in [1.165, 1.54) is 5.56 Å². The van der Waals surface area contributed by atoms with Crippen LogP contribution in [0.3, 0.4) is 0 Å². The molecule has 1 aromatic heterocycles. The second-order valence-electron chi connectivity index (χ2n) is 9.24. The van der Waals surface area contributed by atoms with Gasteiger partial charge in [0.15, 0.2) is 0 Å². The largest absolute Gasteiger partial charge is 0.496 e. The van der Waals surface area contributed by atoms with Crippen molar-refractivity contribution < 1.29 is 19.0 Å². The molecule has 0 bridgehead atoms. The smallest absolute Gasteiger partial charge is 0.272 e. The fourth-order valence-corrected chi connectivity index (χ4v) is 5.39. The Kier molecular flexibility index (Phi) is 6.53. The van der Waals surface area contributed by atoms with Crippen LogP contribution < -0.4 is 4.74 Å². The summed E-state index contributed by atoms with van der Waals surface area (Å²) in [6.07, 6.45) is 3.49. The third-order valence-electron chi connectivity index (χ3n) is 7.12. The van der Waals surface area contributed by atoms with Gasteiger partial charge in [0.05, 0.1) is 30.4 Å². The zero-order valence-corrected chi connectivity index (χ0v) is 19.9. The van der Waals surface area contributed by atoms with Crippen LogP contribution in [0.4, 0.5) is 0 Å². The summed E-state index contributed by atoms with van der Waals surface area (Å²) in [5.41, 5.74) is 2.10. The van der Waals surface area contributed by atoms with Crippen molar-refractivity contribution in [2.24, 2.45) is 0 Å². The summed E-state index contributed by atoms with van der Waals surface area (Å²) in [5, 5.41) is 0.906. The first kappa shape index (κ1) is 22.8. The maximum atomic E-state index is 13.4. The number of hydrogen-bond donors (Lipinski definition) is 0. The van der Waals surface area contributed by atoms with E-state index in [1.54, 1.807) is 13.2 Å². The summed E-state index contributed by atoms with van der Waals surface area (Å²) >= 11 is 0. The number of fused-ring (bicyclic) bond motifs is 1. The Hall–Kier alpha value is -2.96. The average molecular weight is 461 g/mol. The monoisotopic (exact) mass is 460 g/mol. The molecule has 5 rings (SSSR count). The molecule has 34 heavy (non-hydrogen) atoms. The lowest BCUT2D eigenvalue weighted by atomic mass is 9.80. The number of ether oxygens (including phenoxy) is 3. The molecule has 2 aliphatic rings. The van der Waals surface area contributed by atoms with Crippen LogP contribution in [0.2, 0.25) is 0 Å². The molecule has 6 nitrogen and oxygen atoms in total. The number of pyridine rings is 1. The highest BCUT2D eigenvalue weighted by atomic mass is 16.5. The summed E-state index contributed by atoms with van der Waals surface area (Å²) in [6, 6.07) is 19.9. The Labute approximate surface area is 200 Å². The molecule has 1 amide bonds. The van der Waals surface area contributed by atoms with Crippen molar-refractivity contribution in [3.05, 3.63) is 71.9 Å². The molecule has 0 radical (unpaired) electrons. The van der Waals surface area contributed by atoms with Crippen molar-refractivity contribution in [3.8, 4) is 5.75 Å². The Morgan fingerprint density at radius 1 is 1.12 bits per heavy atom. The second kappa shape index (κ2) is 9.72. The third kappa shape index (κ3) is 4.52. The Bertz CT molecular complexity index is 1140. The highest BCUT2D eigenvalue weighted by Crippen LogP contribution is 2.44. The minimum Gasteiger partial charge on any atom is -0.496 e. The van der Waals surface area contributed by atoms with Gasteiger partial charge in [-0.25, -0.2) is 4.98 Å². The summed E-state index contributed by atoms with van der Waals surface area (Å²) in [7, 11) is 1.62. The van der Waals surface area contributed by atoms with E-state index in [-0.39, 0.29) is 23.7 Å². The molecule has 0 N–H and O–H groups in total. The van der Waals surface area contributed by atoms with Crippen molar-refractivity contribution >= 4 is 16.8 Å². The Morgan fingerprint density at radius 3 is 2.59 bits per heavy atom. The first-order chi connectivity index (χ1) is 16.6. The summed E-state index contributed by atoms with van der Waals surface area (Å²) in [6.45, 7) is 4.01. The van der Waals surface area contributed by atoms with Crippen molar-refractivity contribution in [3.63, 3.8) is 0 Å². The molecule has 2 saturated heterocycles. The number of hydrogen-bond acceptors (Lipinski definition) is 5. The molecule has 0 aliphatic carbocycles. The van der Waals surface area contributed by atoms with E-state index >= 15 is 0 Å². The number of amides is 1. The lowest BCUT2D eigenvalue weighted by Gasteiger charge is -2.48. The molecule has 0 unspecified atom stereocenters. The summed E-state index contributed by atoms with van der Waals surface area (Å²) in [5.74, 6) is 0.610. The third-order valence-corrected chi connectivity index (χ3v) is 7.12. The molecular formula is C28H32N2O4. The molecule has 0 saturated carbocycles. The molecule has 2 aliphatic heterocycles. The van der Waals surface area contributed by atoms with E-state index < -0.39 is 0 Å². The number of piperidine rings is 1. The normalized spacial score (nSPS) is 22.1. The number of benzene rings is 2. The van der Waals surface area contributed by atoms with E-state index in [9.17, 15) is 4.79 Å². The quantitative estimate of drug-likeness (QED) is 0.525. The molecule has 6 heteroatoms. The zero-order chi connectivity index (χ0) is 23.5. The van der Waals surface area contributed by atoms with Crippen molar-refractivity contribution in [2.75, 3.05) is 26.8 Å².